The molecule has 116 valence electrons. The number of nitrogens with zero attached hydrogens (tertiary/aromatic N) is 1. The van der Waals surface area contributed by atoms with Crippen LogP contribution in [0.25, 0.3) is 0 Å². The molecule has 6 nitrogen and oxygen atoms in total. The fraction of sp³-hybridized carbons (Fsp3) is 0.250. The van der Waals surface area contributed by atoms with Gasteiger partial charge in [-0.15, -0.1) is 0 Å². The molecule has 0 bridgehead atoms. The van der Waals surface area contributed by atoms with E-state index in [0.29, 0.717) is 17.4 Å². The number of pyridine rings is 1. The number of ether oxygens (including phenoxy) is 1. The van der Waals surface area contributed by atoms with Gasteiger partial charge in [-0.1, -0.05) is 24.3 Å². The number of carbonyl (C=O) groups is 1. The number of nitrogens with one attached hydrogen (secondary N) is 2. The summed E-state index contributed by atoms with van der Waals surface area (Å²) >= 11 is 0. The van der Waals surface area contributed by atoms with E-state index in [4.69, 9.17) is 9.84 Å². The predicted octanol–water partition coefficient (Wildman–Crippen LogP) is 2.77. The van der Waals surface area contributed by atoms with Crippen molar-refractivity contribution in [2.45, 2.75) is 19.4 Å². The Morgan fingerprint density at radius 2 is 1.91 bits per heavy atom. The van der Waals surface area contributed by atoms with Gasteiger partial charge in [0, 0.05) is 6.07 Å². The van der Waals surface area contributed by atoms with Crippen LogP contribution in [0.2, 0.25) is 0 Å². The quantitative estimate of drug-likeness (QED) is 0.793. The molecule has 6 heteroatoms. The summed E-state index contributed by atoms with van der Waals surface area (Å²) in [5.41, 5.74) is -0.706. The lowest BCUT2D eigenvalue weighted by atomic mass is 10.1. The van der Waals surface area contributed by atoms with E-state index in [1.165, 1.54) is 0 Å². The van der Waals surface area contributed by atoms with Gasteiger partial charge in [-0.3, -0.25) is 5.32 Å². The number of aromatic nitrogens is 1. The standard InChI is InChI=1S/C16H19N3O3/c1-16(2,11-20)19-15(21)18-13-9-6-10-14(17-13)22-12-7-4-3-5-8-12/h3-10,20H,11H2,1-2H3,(H2,17,18,19,21). The lowest BCUT2D eigenvalue weighted by molar-refractivity contribution is 0.187. The van der Waals surface area contributed by atoms with Crippen LogP contribution in [0.1, 0.15) is 13.8 Å². The average molecular weight is 301 g/mol. The molecule has 0 unspecified atom stereocenters. The minimum atomic E-state index is -0.706. The van der Waals surface area contributed by atoms with Crippen LogP contribution in [0.4, 0.5) is 10.6 Å². The maximum atomic E-state index is 11.8. The van der Waals surface area contributed by atoms with E-state index in [1.54, 1.807) is 32.0 Å². The molecule has 0 saturated heterocycles. The molecule has 2 rings (SSSR count). The van der Waals surface area contributed by atoms with Crippen molar-refractivity contribution < 1.29 is 14.6 Å². The summed E-state index contributed by atoms with van der Waals surface area (Å²) in [4.78, 5) is 16.0. The van der Waals surface area contributed by atoms with Crippen molar-refractivity contribution in [2.75, 3.05) is 11.9 Å². The van der Waals surface area contributed by atoms with Crippen molar-refractivity contribution in [3.05, 3.63) is 48.5 Å². The van der Waals surface area contributed by atoms with Crippen LogP contribution in [0.3, 0.4) is 0 Å². The summed E-state index contributed by atoms with van der Waals surface area (Å²) in [6.45, 7) is 3.27. The Labute approximate surface area is 129 Å². The highest BCUT2D eigenvalue weighted by Gasteiger charge is 2.19. The summed E-state index contributed by atoms with van der Waals surface area (Å²) in [6, 6.07) is 13.9. The van der Waals surface area contributed by atoms with E-state index in [2.05, 4.69) is 15.6 Å². The number of aliphatic hydroxyl groups is 1. The van der Waals surface area contributed by atoms with Crippen molar-refractivity contribution in [3.8, 4) is 11.6 Å². The second-order valence-electron chi connectivity index (χ2n) is 5.40. The number of hydrogen-bond acceptors (Lipinski definition) is 4. The number of aliphatic hydroxyl groups excluding tert-OH is 1. The van der Waals surface area contributed by atoms with Crippen LogP contribution in [-0.2, 0) is 0 Å². The smallest absolute Gasteiger partial charge is 0.320 e. The van der Waals surface area contributed by atoms with Gasteiger partial charge in [0.05, 0.1) is 12.1 Å². The summed E-state index contributed by atoms with van der Waals surface area (Å²) in [6.07, 6.45) is 0. The molecule has 0 aliphatic rings. The zero-order valence-corrected chi connectivity index (χ0v) is 12.5. The normalized spacial score (nSPS) is 10.9. The van der Waals surface area contributed by atoms with Crippen LogP contribution in [0, 0.1) is 0 Å². The number of para-hydroxylation sites is 1. The number of anilines is 1. The first-order valence-corrected chi connectivity index (χ1v) is 6.88. The molecule has 3 N–H and O–H groups in total. The maximum absolute atomic E-state index is 11.8. The average Bonchev–Trinajstić information content (AvgIpc) is 2.48. The van der Waals surface area contributed by atoms with E-state index < -0.39 is 11.6 Å². The zero-order valence-electron chi connectivity index (χ0n) is 12.5. The van der Waals surface area contributed by atoms with E-state index >= 15 is 0 Å². The van der Waals surface area contributed by atoms with Gasteiger partial charge in [-0.05, 0) is 32.0 Å². The van der Waals surface area contributed by atoms with Crippen molar-refractivity contribution in [3.63, 3.8) is 0 Å². The number of benzene rings is 1. The third-order valence-electron chi connectivity index (χ3n) is 2.78. The van der Waals surface area contributed by atoms with Gasteiger partial charge in [0.15, 0.2) is 0 Å². The Morgan fingerprint density at radius 3 is 2.59 bits per heavy atom. The lowest BCUT2D eigenvalue weighted by Crippen LogP contribution is -2.48. The van der Waals surface area contributed by atoms with E-state index in [9.17, 15) is 4.79 Å². The number of amides is 2. The number of carbonyl (C=O) groups excluding carboxylic acids is 1. The van der Waals surface area contributed by atoms with Crippen LogP contribution < -0.4 is 15.4 Å². The second-order valence-corrected chi connectivity index (χ2v) is 5.40. The first-order valence-electron chi connectivity index (χ1n) is 6.88. The summed E-state index contributed by atoms with van der Waals surface area (Å²) in [5.74, 6) is 1.41. The lowest BCUT2D eigenvalue weighted by Gasteiger charge is -2.23. The SMILES string of the molecule is CC(C)(CO)NC(=O)Nc1cccc(Oc2ccccc2)n1. The Morgan fingerprint density at radius 1 is 1.18 bits per heavy atom. The number of rotatable bonds is 5. The second kappa shape index (κ2) is 6.91. The predicted molar refractivity (Wildman–Crippen MR) is 84.1 cm³/mol. The van der Waals surface area contributed by atoms with Gasteiger partial charge in [0.2, 0.25) is 5.88 Å². The molecule has 0 radical (unpaired) electrons. The fourth-order valence-electron chi connectivity index (χ4n) is 1.65. The molecule has 2 amide bonds. The topological polar surface area (TPSA) is 83.5 Å². The first-order chi connectivity index (χ1) is 10.5. The molecule has 0 fully saturated rings. The first kappa shape index (κ1) is 15.8. The van der Waals surface area contributed by atoms with Gasteiger partial charge >= 0.3 is 6.03 Å². The minimum Gasteiger partial charge on any atom is -0.439 e. The van der Waals surface area contributed by atoms with Gasteiger partial charge in [0.25, 0.3) is 0 Å². The molecule has 1 aromatic carbocycles. The van der Waals surface area contributed by atoms with Crippen molar-refractivity contribution in [2.24, 2.45) is 0 Å². The molecule has 0 saturated carbocycles. The van der Waals surface area contributed by atoms with Crippen LogP contribution in [0.15, 0.2) is 48.5 Å². The Kier molecular flexibility index (Phi) is 4.95. The monoisotopic (exact) mass is 301 g/mol. The van der Waals surface area contributed by atoms with Crippen LogP contribution in [0.5, 0.6) is 11.6 Å². The molecule has 0 atom stereocenters. The third kappa shape index (κ3) is 4.75. The maximum Gasteiger partial charge on any atom is 0.320 e. The molecular weight excluding hydrogens is 282 g/mol. The largest absolute Gasteiger partial charge is 0.439 e. The molecule has 0 spiro atoms. The molecule has 0 aliphatic carbocycles. The summed E-state index contributed by atoms with van der Waals surface area (Å²) in [7, 11) is 0. The van der Waals surface area contributed by atoms with Gasteiger partial charge in [0.1, 0.15) is 11.6 Å². The van der Waals surface area contributed by atoms with Crippen molar-refractivity contribution in [1.29, 1.82) is 0 Å². The minimum absolute atomic E-state index is 0.162. The molecule has 1 aromatic heterocycles. The molecule has 1 heterocycles. The van der Waals surface area contributed by atoms with Gasteiger partial charge in [-0.2, -0.15) is 4.98 Å². The summed E-state index contributed by atoms with van der Waals surface area (Å²) < 4.78 is 5.60. The number of hydrogen-bond donors (Lipinski definition) is 3. The van der Waals surface area contributed by atoms with Crippen molar-refractivity contribution >= 4 is 11.8 Å². The van der Waals surface area contributed by atoms with Crippen LogP contribution >= 0.6 is 0 Å². The highest BCUT2D eigenvalue weighted by Crippen LogP contribution is 2.20. The van der Waals surface area contributed by atoms with E-state index in [1.807, 2.05) is 30.3 Å². The van der Waals surface area contributed by atoms with E-state index in [-0.39, 0.29) is 6.61 Å². The van der Waals surface area contributed by atoms with E-state index in [0.717, 1.165) is 0 Å². The molecule has 2 aromatic rings. The fourth-order valence-corrected chi connectivity index (χ4v) is 1.65. The van der Waals surface area contributed by atoms with Crippen molar-refractivity contribution in [1.82, 2.24) is 10.3 Å². The zero-order chi connectivity index (χ0) is 16.0. The Hall–Kier alpha value is -2.60. The number of urea groups is 1. The molecular formula is C16H19N3O3. The highest BCUT2D eigenvalue weighted by atomic mass is 16.5. The Bertz CT molecular complexity index is 630. The third-order valence-corrected chi connectivity index (χ3v) is 2.78. The van der Waals surface area contributed by atoms with Crippen LogP contribution in [-0.4, -0.2) is 28.3 Å². The molecule has 0 aliphatic heterocycles. The summed E-state index contributed by atoms with van der Waals surface area (Å²) in [5, 5.41) is 14.4. The highest BCUT2D eigenvalue weighted by molar-refractivity contribution is 5.88. The van der Waals surface area contributed by atoms with Gasteiger partial charge < -0.3 is 15.2 Å². The molecule has 22 heavy (non-hydrogen) atoms. The van der Waals surface area contributed by atoms with Gasteiger partial charge in [-0.25, -0.2) is 4.79 Å². The Balaban J connectivity index is 2.01.